The smallest absolute Gasteiger partial charge is 0.0540 e. The minimum Gasteiger partial charge on any atom is -0.310 e. The second-order valence-corrected chi connectivity index (χ2v) is 20.7. The van der Waals surface area contributed by atoms with Gasteiger partial charge in [0.15, 0.2) is 0 Å². The van der Waals surface area contributed by atoms with Crippen LogP contribution in [-0.4, -0.2) is 0 Å². The first-order valence-corrected chi connectivity index (χ1v) is 26.1. The third-order valence-electron chi connectivity index (χ3n) is 14.2. The predicted octanol–water partition coefficient (Wildman–Crippen LogP) is 20.7. The van der Waals surface area contributed by atoms with Crippen LogP contribution in [0.4, 0.5) is 34.1 Å². The molecule has 0 unspecified atom stereocenters. The first-order chi connectivity index (χ1) is 35.7. The Labute approximate surface area is 426 Å². The van der Waals surface area contributed by atoms with Gasteiger partial charge in [-0.05, 0) is 129 Å². The van der Waals surface area contributed by atoms with Crippen LogP contribution in [0.25, 0.3) is 95.3 Å². The van der Waals surface area contributed by atoms with Gasteiger partial charge in [0, 0.05) is 74.2 Å². The Morgan fingerprint density at radius 2 is 0.639 bits per heavy atom. The van der Waals surface area contributed by atoms with Gasteiger partial charge in [0.1, 0.15) is 0 Å². The SMILES string of the molecule is c1ccc(-c2ccc(N(c3ccc4c(c3)sc3cc5ccccc5cc34)c3ccccc3-c3ccccc3N(c3ccc4cc(-c5ccccc5)ccc4c3)c3ccc4c(c3)sc3ccccc34)cc2)cc1. The lowest BCUT2D eigenvalue weighted by atomic mass is 9.97. The van der Waals surface area contributed by atoms with Crippen LogP contribution in [0.5, 0.6) is 0 Å². The van der Waals surface area contributed by atoms with Gasteiger partial charge >= 0.3 is 0 Å². The summed E-state index contributed by atoms with van der Waals surface area (Å²) >= 11 is 3.73. The van der Waals surface area contributed by atoms with E-state index in [0.717, 1.165) is 45.3 Å². The van der Waals surface area contributed by atoms with E-state index >= 15 is 0 Å². The van der Waals surface area contributed by atoms with E-state index in [-0.39, 0.29) is 0 Å². The summed E-state index contributed by atoms with van der Waals surface area (Å²) in [5.41, 5.74) is 13.6. The summed E-state index contributed by atoms with van der Waals surface area (Å²) in [7, 11) is 0. The number of hydrogen-bond donors (Lipinski definition) is 0. The summed E-state index contributed by atoms with van der Waals surface area (Å²) in [5.74, 6) is 0. The van der Waals surface area contributed by atoms with E-state index in [1.54, 1.807) is 0 Å². The summed E-state index contributed by atoms with van der Waals surface area (Å²) in [6.45, 7) is 0. The highest BCUT2D eigenvalue weighted by Gasteiger charge is 2.24. The van der Waals surface area contributed by atoms with Crippen molar-refractivity contribution in [3.8, 4) is 33.4 Å². The van der Waals surface area contributed by atoms with Crippen molar-refractivity contribution >= 4 is 119 Å². The van der Waals surface area contributed by atoms with Gasteiger partial charge in [0.25, 0.3) is 0 Å². The van der Waals surface area contributed by atoms with Crippen molar-refractivity contribution in [2.75, 3.05) is 9.80 Å². The highest BCUT2D eigenvalue weighted by molar-refractivity contribution is 7.26. The number of fused-ring (bicyclic) bond motifs is 8. The maximum atomic E-state index is 2.46. The van der Waals surface area contributed by atoms with Crippen LogP contribution >= 0.6 is 22.7 Å². The molecule has 0 atom stereocenters. The molecule has 0 amide bonds. The van der Waals surface area contributed by atoms with E-state index in [1.165, 1.54) is 84.1 Å². The molecular weight excluding hydrogens is 909 g/mol. The number of hydrogen-bond acceptors (Lipinski definition) is 4. The Morgan fingerprint density at radius 1 is 0.222 bits per heavy atom. The molecule has 2 aromatic heterocycles. The van der Waals surface area contributed by atoms with Crippen molar-refractivity contribution in [2.24, 2.45) is 0 Å². The van der Waals surface area contributed by atoms with Crippen molar-refractivity contribution in [3.05, 3.63) is 267 Å². The normalized spacial score (nSPS) is 11.6. The molecule has 0 bridgehead atoms. The van der Waals surface area contributed by atoms with Crippen LogP contribution in [0.1, 0.15) is 0 Å². The van der Waals surface area contributed by atoms with Gasteiger partial charge in [-0.25, -0.2) is 0 Å². The fraction of sp³-hybridized carbons (Fsp3) is 0. The highest BCUT2D eigenvalue weighted by Crippen LogP contribution is 2.49. The molecule has 4 heteroatoms. The molecule has 0 saturated carbocycles. The molecule has 2 heterocycles. The van der Waals surface area contributed by atoms with E-state index in [0.29, 0.717) is 0 Å². The fourth-order valence-electron chi connectivity index (χ4n) is 10.7. The first kappa shape index (κ1) is 42.1. The van der Waals surface area contributed by atoms with Gasteiger partial charge in [-0.3, -0.25) is 0 Å². The number of rotatable bonds is 9. The topological polar surface area (TPSA) is 6.48 Å². The van der Waals surface area contributed by atoms with Gasteiger partial charge in [-0.15, -0.1) is 22.7 Å². The number of nitrogens with zero attached hydrogens (tertiary/aromatic N) is 2. The van der Waals surface area contributed by atoms with Crippen LogP contribution in [0.3, 0.4) is 0 Å². The molecule has 72 heavy (non-hydrogen) atoms. The van der Waals surface area contributed by atoms with Crippen LogP contribution in [0.15, 0.2) is 267 Å². The highest BCUT2D eigenvalue weighted by atomic mass is 32.1. The summed E-state index contributed by atoms with van der Waals surface area (Å²) in [6, 6.07) is 98.2. The zero-order valence-corrected chi connectivity index (χ0v) is 40.7. The van der Waals surface area contributed by atoms with E-state index in [2.05, 4.69) is 277 Å². The van der Waals surface area contributed by atoms with Crippen LogP contribution < -0.4 is 9.80 Å². The average Bonchev–Trinajstić information content (AvgIpc) is 4.00. The number of benzene rings is 12. The van der Waals surface area contributed by atoms with Gasteiger partial charge in [0.05, 0.1) is 11.4 Å². The molecule has 0 spiro atoms. The molecule has 0 N–H and O–H groups in total. The van der Waals surface area contributed by atoms with E-state index in [9.17, 15) is 0 Å². The lowest BCUT2D eigenvalue weighted by Crippen LogP contribution is -2.13. The van der Waals surface area contributed by atoms with Gasteiger partial charge in [-0.1, -0.05) is 182 Å². The molecule has 0 saturated heterocycles. The minimum atomic E-state index is 1.09. The predicted molar refractivity (Wildman–Crippen MR) is 313 cm³/mol. The quantitative estimate of drug-likeness (QED) is 0.142. The largest absolute Gasteiger partial charge is 0.310 e. The van der Waals surface area contributed by atoms with Crippen molar-refractivity contribution in [3.63, 3.8) is 0 Å². The molecule has 0 fully saturated rings. The lowest BCUT2D eigenvalue weighted by molar-refractivity contribution is 1.27. The molecule has 14 aromatic rings. The Kier molecular flexibility index (Phi) is 10.3. The molecule has 12 aromatic carbocycles. The average molecular weight is 953 g/mol. The molecule has 14 rings (SSSR count). The Balaban J connectivity index is 0.956. The molecule has 0 aliphatic carbocycles. The van der Waals surface area contributed by atoms with E-state index < -0.39 is 0 Å². The second-order valence-electron chi connectivity index (χ2n) is 18.5. The molecular formula is C68H44N2S2. The Morgan fingerprint density at radius 3 is 1.33 bits per heavy atom. The number of thiophene rings is 2. The Hall–Kier alpha value is -8.80. The number of para-hydroxylation sites is 2. The Bertz CT molecular complexity index is 4340. The zero-order chi connectivity index (χ0) is 47.5. The number of anilines is 6. The summed E-state index contributed by atoms with van der Waals surface area (Å²) in [4.78, 5) is 4.92. The first-order valence-electron chi connectivity index (χ1n) is 24.5. The fourth-order valence-corrected chi connectivity index (χ4v) is 13.0. The lowest BCUT2D eigenvalue weighted by Gasteiger charge is -2.31. The maximum Gasteiger partial charge on any atom is 0.0540 e. The standard InChI is InChI=1S/C68H44N2S2/c1-3-15-45(16-4-1)47-29-32-53(33-30-47)69(55-36-38-61-62-41-48-19-7-8-20-49(48)42-66(62)72-68(61)43-55)63-24-12-9-21-57(63)58-22-10-13-25-64(58)70(56-35-37-60-59-23-11-14-26-65(59)71-67(60)44-56)54-34-31-51-39-50(27-28-52(51)40-54)46-17-5-2-6-18-46/h1-44H. The van der Waals surface area contributed by atoms with E-state index in [4.69, 9.17) is 0 Å². The molecule has 0 radical (unpaired) electrons. The van der Waals surface area contributed by atoms with Crippen molar-refractivity contribution in [2.45, 2.75) is 0 Å². The van der Waals surface area contributed by atoms with Gasteiger partial charge < -0.3 is 9.80 Å². The zero-order valence-electron chi connectivity index (χ0n) is 39.1. The van der Waals surface area contributed by atoms with Gasteiger partial charge in [0.2, 0.25) is 0 Å². The van der Waals surface area contributed by atoms with Crippen molar-refractivity contribution in [1.82, 2.24) is 0 Å². The molecule has 338 valence electrons. The second kappa shape index (κ2) is 17.6. The third-order valence-corrected chi connectivity index (χ3v) is 16.5. The maximum absolute atomic E-state index is 2.46. The van der Waals surface area contributed by atoms with Crippen LogP contribution in [0.2, 0.25) is 0 Å². The van der Waals surface area contributed by atoms with E-state index in [1.807, 2.05) is 22.7 Å². The van der Waals surface area contributed by atoms with Crippen LogP contribution in [0, 0.1) is 0 Å². The van der Waals surface area contributed by atoms with Gasteiger partial charge in [-0.2, -0.15) is 0 Å². The molecule has 2 nitrogen and oxygen atoms in total. The monoisotopic (exact) mass is 952 g/mol. The summed E-state index contributed by atoms with van der Waals surface area (Å²) in [5, 5.41) is 10.1. The summed E-state index contributed by atoms with van der Waals surface area (Å²) < 4.78 is 5.12. The third kappa shape index (κ3) is 7.39. The minimum absolute atomic E-state index is 1.09. The van der Waals surface area contributed by atoms with Crippen molar-refractivity contribution < 1.29 is 0 Å². The van der Waals surface area contributed by atoms with Crippen LogP contribution in [-0.2, 0) is 0 Å². The summed E-state index contributed by atoms with van der Waals surface area (Å²) in [6.07, 6.45) is 0. The molecule has 0 aliphatic rings. The molecule has 0 aliphatic heterocycles. The van der Waals surface area contributed by atoms with Crippen molar-refractivity contribution in [1.29, 1.82) is 0 Å².